The average molecular weight is 448 g/mol. The number of rotatable bonds is 6. The fourth-order valence-electron chi connectivity index (χ4n) is 9.53. The SMILES string of the molecule is CCCNC(=O)CC[C@@H](C)C1CC[C@H]2[C@@H]3[C@H](O)C[C@]4(C)C[C@H](O)CC[C@]4(C)[C@H]3CC[C@]12C. The normalized spacial score (nSPS) is 49.0. The zero-order chi connectivity index (χ0) is 23.3. The first-order valence-corrected chi connectivity index (χ1v) is 13.7. The smallest absolute Gasteiger partial charge is 0.220 e. The third-order valence-corrected chi connectivity index (χ3v) is 11.5. The molecule has 4 aliphatic rings. The molecule has 1 unspecified atom stereocenters. The first kappa shape index (κ1) is 24.5. The third-order valence-electron chi connectivity index (χ3n) is 11.5. The summed E-state index contributed by atoms with van der Waals surface area (Å²) in [5, 5.41) is 25.0. The molecule has 3 N–H and O–H groups in total. The van der Waals surface area contributed by atoms with Crippen molar-refractivity contribution >= 4 is 5.91 Å². The van der Waals surface area contributed by atoms with Gasteiger partial charge in [-0.25, -0.2) is 0 Å². The van der Waals surface area contributed by atoms with E-state index >= 15 is 0 Å². The molecule has 4 rings (SSSR count). The van der Waals surface area contributed by atoms with Crippen LogP contribution in [0.25, 0.3) is 0 Å². The van der Waals surface area contributed by atoms with E-state index in [1.54, 1.807) is 0 Å². The summed E-state index contributed by atoms with van der Waals surface area (Å²) in [6.45, 7) is 12.6. The van der Waals surface area contributed by atoms with Crippen molar-refractivity contribution in [3.63, 3.8) is 0 Å². The number of aliphatic hydroxyl groups excluding tert-OH is 2. The lowest BCUT2D eigenvalue weighted by molar-refractivity contribution is -0.210. The molecule has 0 aromatic carbocycles. The molecular weight excluding hydrogens is 398 g/mol. The second-order valence-corrected chi connectivity index (χ2v) is 13.0. The molecule has 0 aromatic heterocycles. The molecule has 184 valence electrons. The van der Waals surface area contributed by atoms with Gasteiger partial charge < -0.3 is 15.5 Å². The number of amides is 1. The molecule has 0 bridgehead atoms. The highest BCUT2D eigenvalue weighted by atomic mass is 16.3. The molecular formula is C28H49NO3. The monoisotopic (exact) mass is 447 g/mol. The molecule has 4 heteroatoms. The van der Waals surface area contributed by atoms with Gasteiger partial charge in [0.25, 0.3) is 0 Å². The summed E-state index contributed by atoms with van der Waals surface area (Å²) in [7, 11) is 0. The highest BCUT2D eigenvalue weighted by Gasteiger charge is 2.65. The maximum Gasteiger partial charge on any atom is 0.220 e. The molecule has 0 heterocycles. The van der Waals surface area contributed by atoms with Crippen LogP contribution >= 0.6 is 0 Å². The topological polar surface area (TPSA) is 69.6 Å². The molecule has 10 atom stereocenters. The van der Waals surface area contributed by atoms with Gasteiger partial charge in [0.05, 0.1) is 12.2 Å². The second kappa shape index (κ2) is 8.87. The Bertz CT molecular complexity index is 696. The zero-order valence-corrected chi connectivity index (χ0v) is 21.3. The van der Waals surface area contributed by atoms with E-state index < -0.39 is 0 Å². The lowest BCUT2D eigenvalue weighted by atomic mass is 9.39. The van der Waals surface area contributed by atoms with Gasteiger partial charge in [0, 0.05) is 13.0 Å². The number of hydrogen-bond donors (Lipinski definition) is 3. The molecule has 0 aliphatic heterocycles. The second-order valence-electron chi connectivity index (χ2n) is 13.0. The Balaban J connectivity index is 1.49. The molecule has 4 nitrogen and oxygen atoms in total. The van der Waals surface area contributed by atoms with Crippen molar-refractivity contribution in [3.05, 3.63) is 0 Å². The summed E-state index contributed by atoms with van der Waals surface area (Å²) < 4.78 is 0. The summed E-state index contributed by atoms with van der Waals surface area (Å²) in [5.41, 5.74) is 0.578. The summed E-state index contributed by atoms with van der Waals surface area (Å²) in [6.07, 6.45) is 10.9. The van der Waals surface area contributed by atoms with E-state index in [1.165, 1.54) is 25.7 Å². The Morgan fingerprint density at radius 1 is 1.03 bits per heavy atom. The van der Waals surface area contributed by atoms with E-state index in [-0.39, 0.29) is 28.9 Å². The first-order valence-electron chi connectivity index (χ1n) is 13.7. The highest BCUT2D eigenvalue weighted by Crippen LogP contribution is 2.71. The first-order chi connectivity index (χ1) is 15.1. The van der Waals surface area contributed by atoms with Crippen molar-refractivity contribution in [1.29, 1.82) is 0 Å². The Morgan fingerprint density at radius 2 is 1.78 bits per heavy atom. The van der Waals surface area contributed by atoms with Gasteiger partial charge in [0.2, 0.25) is 5.91 Å². The average Bonchev–Trinajstić information content (AvgIpc) is 3.09. The van der Waals surface area contributed by atoms with Gasteiger partial charge in [0.15, 0.2) is 0 Å². The summed E-state index contributed by atoms with van der Waals surface area (Å²) in [4.78, 5) is 12.2. The van der Waals surface area contributed by atoms with Crippen LogP contribution in [0.2, 0.25) is 0 Å². The van der Waals surface area contributed by atoms with E-state index in [0.29, 0.717) is 41.4 Å². The molecule has 0 radical (unpaired) electrons. The van der Waals surface area contributed by atoms with Crippen LogP contribution in [0.5, 0.6) is 0 Å². The van der Waals surface area contributed by atoms with E-state index in [0.717, 1.165) is 45.1 Å². The van der Waals surface area contributed by atoms with Crippen LogP contribution in [-0.4, -0.2) is 34.9 Å². The van der Waals surface area contributed by atoms with Crippen LogP contribution in [0.15, 0.2) is 0 Å². The van der Waals surface area contributed by atoms with Crippen molar-refractivity contribution in [2.24, 2.45) is 45.8 Å². The lowest BCUT2D eigenvalue weighted by Gasteiger charge is -2.66. The number of hydrogen-bond acceptors (Lipinski definition) is 3. The number of nitrogens with one attached hydrogen (secondary N) is 1. The quantitative estimate of drug-likeness (QED) is 0.517. The van der Waals surface area contributed by atoms with Crippen molar-refractivity contribution in [3.8, 4) is 0 Å². The van der Waals surface area contributed by atoms with Gasteiger partial charge in [-0.2, -0.15) is 0 Å². The van der Waals surface area contributed by atoms with Crippen LogP contribution < -0.4 is 5.32 Å². The van der Waals surface area contributed by atoms with Gasteiger partial charge in [0.1, 0.15) is 0 Å². The number of carbonyl (C=O) groups is 1. The Morgan fingerprint density at radius 3 is 2.50 bits per heavy atom. The molecule has 0 spiro atoms. The highest BCUT2D eigenvalue weighted by molar-refractivity contribution is 5.75. The molecule has 4 saturated carbocycles. The van der Waals surface area contributed by atoms with Crippen LogP contribution in [0.4, 0.5) is 0 Å². The van der Waals surface area contributed by atoms with Crippen LogP contribution in [-0.2, 0) is 4.79 Å². The largest absolute Gasteiger partial charge is 0.393 e. The van der Waals surface area contributed by atoms with E-state index in [9.17, 15) is 15.0 Å². The van der Waals surface area contributed by atoms with E-state index in [1.807, 2.05) is 0 Å². The van der Waals surface area contributed by atoms with Gasteiger partial charge >= 0.3 is 0 Å². The minimum absolute atomic E-state index is 0.0517. The standard InChI is InChI=1S/C28H49NO3/c1-6-15-29-24(32)10-7-18(2)20-8-9-21-25-22(12-13-27(20,21)4)28(5)14-11-19(30)16-26(28,3)17-23(25)31/h18-23,25,30-31H,6-17H2,1-5H3,(H,29,32)/t18-,19-,20?,21+,22+,23-,25+,26+,27-,28-/m1/s1. The Labute approximate surface area is 196 Å². The predicted octanol–water partition coefficient (Wildman–Crippen LogP) is 5.31. The minimum Gasteiger partial charge on any atom is -0.393 e. The van der Waals surface area contributed by atoms with Crippen LogP contribution in [0.1, 0.15) is 105 Å². The van der Waals surface area contributed by atoms with Crippen molar-refractivity contribution in [2.75, 3.05) is 6.54 Å². The fourth-order valence-corrected chi connectivity index (χ4v) is 9.53. The Kier molecular flexibility index (Phi) is 6.80. The predicted molar refractivity (Wildman–Crippen MR) is 129 cm³/mol. The zero-order valence-electron chi connectivity index (χ0n) is 21.3. The molecule has 0 aromatic rings. The van der Waals surface area contributed by atoms with Crippen molar-refractivity contribution in [1.82, 2.24) is 5.32 Å². The van der Waals surface area contributed by atoms with Gasteiger partial charge in [-0.3, -0.25) is 4.79 Å². The van der Waals surface area contributed by atoms with Crippen molar-refractivity contribution < 1.29 is 15.0 Å². The molecule has 32 heavy (non-hydrogen) atoms. The lowest BCUT2D eigenvalue weighted by Crippen LogP contribution is -2.62. The maximum absolute atomic E-state index is 12.2. The Hall–Kier alpha value is -0.610. The molecule has 0 saturated heterocycles. The van der Waals surface area contributed by atoms with Gasteiger partial charge in [-0.1, -0.05) is 34.6 Å². The van der Waals surface area contributed by atoms with Crippen LogP contribution in [0, 0.1) is 45.8 Å². The maximum atomic E-state index is 12.2. The number of carbonyl (C=O) groups excluding carboxylic acids is 1. The van der Waals surface area contributed by atoms with Gasteiger partial charge in [-0.15, -0.1) is 0 Å². The van der Waals surface area contributed by atoms with Crippen LogP contribution in [0.3, 0.4) is 0 Å². The fraction of sp³-hybridized carbons (Fsp3) is 0.964. The third kappa shape index (κ3) is 3.85. The number of fused-ring (bicyclic) bond motifs is 5. The summed E-state index contributed by atoms with van der Waals surface area (Å²) >= 11 is 0. The minimum atomic E-state index is -0.234. The van der Waals surface area contributed by atoms with E-state index in [2.05, 4.69) is 39.9 Å². The molecule has 4 aliphatic carbocycles. The number of aliphatic hydroxyl groups is 2. The van der Waals surface area contributed by atoms with Gasteiger partial charge in [-0.05, 0) is 110 Å². The molecule has 1 amide bonds. The van der Waals surface area contributed by atoms with Crippen molar-refractivity contribution in [2.45, 2.75) is 117 Å². The van der Waals surface area contributed by atoms with E-state index in [4.69, 9.17) is 0 Å². The molecule has 4 fully saturated rings. The summed E-state index contributed by atoms with van der Waals surface area (Å²) in [5.74, 6) is 3.01. The summed E-state index contributed by atoms with van der Waals surface area (Å²) in [6, 6.07) is 0.